The molecule has 4 heteroatoms. The summed E-state index contributed by atoms with van der Waals surface area (Å²) in [6, 6.07) is 6.19. The standard InChI is InChI=1S/C12H16N2O2/c1-8(4-12(13)15)14-11-3-2-9-6-16-7-10(9)5-11/h2-3,5,8,14H,4,6-7H2,1H3,(H2,13,15). The number of primary amides is 1. The highest BCUT2D eigenvalue weighted by Gasteiger charge is 2.12. The summed E-state index contributed by atoms with van der Waals surface area (Å²) in [7, 11) is 0. The molecular formula is C12H16N2O2. The van der Waals surface area contributed by atoms with Gasteiger partial charge in [0.2, 0.25) is 5.91 Å². The Morgan fingerprint density at radius 2 is 2.25 bits per heavy atom. The molecule has 0 aromatic heterocycles. The van der Waals surface area contributed by atoms with E-state index < -0.39 is 0 Å². The molecule has 1 amide bonds. The number of nitrogens with two attached hydrogens (primary N) is 1. The first-order chi connectivity index (χ1) is 7.65. The molecular weight excluding hydrogens is 204 g/mol. The van der Waals surface area contributed by atoms with Crippen LogP contribution in [-0.2, 0) is 22.7 Å². The maximum absolute atomic E-state index is 10.7. The van der Waals surface area contributed by atoms with E-state index in [1.807, 2.05) is 13.0 Å². The number of carbonyl (C=O) groups is 1. The third kappa shape index (κ3) is 2.52. The van der Waals surface area contributed by atoms with Gasteiger partial charge in [0.05, 0.1) is 13.2 Å². The summed E-state index contributed by atoms with van der Waals surface area (Å²) in [5.41, 5.74) is 8.61. The summed E-state index contributed by atoms with van der Waals surface area (Å²) in [6.45, 7) is 3.32. The second kappa shape index (κ2) is 4.53. The van der Waals surface area contributed by atoms with Crippen molar-refractivity contribution in [3.05, 3.63) is 29.3 Å². The lowest BCUT2D eigenvalue weighted by Crippen LogP contribution is -2.23. The molecule has 0 spiro atoms. The van der Waals surface area contributed by atoms with Crippen LogP contribution in [0.25, 0.3) is 0 Å². The molecule has 1 aromatic carbocycles. The normalized spacial score (nSPS) is 15.6. The first-order valence-electron chi connectivity index (χ1n) is 5.39. The lowest BCUT2D eigenvalue weighted by Gasteiger charge is -2.14. The Hall–Kier alpha value is -1.55. The summed E-state index contributed by atoms with van der Waals surface area (Å²) in [5, 5.41) is 3.25. The monoisotopic (exact) mass is 220 g/mol. The minimum absolute atomic E-state index is 0.0536. The van der Waals surface area contributed by atoms with Crippen LogP contribution >= 0.6 is 0 Å². The molecule has 1 unspecified atom stereocenters. The van der Waals surface area contributed by atoms with E-state index in [4.69, 9.17) is 10.5 Å². The molecule has 3 N–H and O–H groups in total. The van der Waals surface area contributed by atoms with Crippen LogP contribution in [0.3, 0.4) is 0 Å². The number of ether oxygens (including phenoxy) is 1. The average Bonchev–Trinajstić information content (AvgIpc) is 2.63. The molecule has 0 bridgehead atoms. The molecule has 0 saturated heterocycles. The van der Waals surface area contributed by atoms with Crippen molar-refractivity contribution in [1.29, 1.82) is 0 Å². The molecule has 86 valence electrons. The fraction of sp³-hybridized carbons (Fsp3) is 0.417. The number of benzene rings is 1. The quantitative estimate of drug-likeness (QED) is 0.806. The molecule has 1 aliphatic rings. The Bertz CT molecular complexity index is 404. The van der Waals surface area contributed by atoms with Crippen molar-refractivity contribution in [3.63, 3.8) is 0 Å². The third-order valence-electron chi connectivity index (χ3n) is 2.64. The molecule has 16 heavy (non-hydrogen) atoms. The summed E-state index contributed by atoms with van der Waals surface area (Å²) >= 11 is 0. The number of rotatable bonds is 4. The first kappa shape index (κ1) is 11.0. The van der Waals surface area contributed by atoms with Gasteiger partial charge in [0.25, 0.3) is 0 Å². The van der Waals surface area contributed by atoms with Crippen molar-refractivity contribution in [1.82, 2.24) is 0 Å². The lowest BCUT2D eigenvalue weighted by molar-refractivity contribution is -0.118. The fourth-order valence-electron chi connectivity index (χ4n) is 1.90. The van der Waals surface area contributed by atoms with Crippen molar-refractivity contribution in [3.8, 4) is 0 Å². The van der Waals surface area contributed by atoms with E-state index in [1.54, 1.807) is 0 Å². The zero-order chi connectivity index (χ0) is 11.5. The molecule has 1 heterocycles. The Kier molecular flexibility index (Phi) is 3.10. The van der Waals surface area contributed by atoms with E-state index in [9.17, 15) is 4.79 Å². The number of hydrogen-bond donors (Lipinski definition) is 2. The number of amides is 1. The average molecular weight is 220 g/mol. The van der Waals surface area contributed by atoms with Gasteiger partial charge in [-0.2, -0.15) is 0 Å². The van der Waals surface area contributed by atoms with E-state index in [0.717, 1.165) is 5.69 Å². The number of carbonyl (C=O) groups excluding carboxylic acids is 1. The Labute approximate surface area is 94.8 Å². The topological polar surface area (TPSA) is 64.4 Å². The van der Waals surface area contributed by atoms with Crippen LogP contribution in [0.5, 0.6) is 0 Å². The predicted octanol–water partition coefficient (Wildman–Crippen LogP) is 1.39. The minimum Gasteiger partial charge on any atom is -0.382 e. The first-order valence-corrected chi connectivity index (χ1v) is 5.39. The lowest BCUT2D eigenvalue weighted by atomic mass is 10.1. The summed E-state index contributed by atoms with van der Waals surface area (Å²) in [4.78, 5) is 10.7. The van der Waals surface area contributed by atoms with E-state index in [1.165, 1.54) is 11.1 Å². The molecule has 0 fully saturated rings. The van der Waals surface area contributed by atoms with E-state index >= 15 is 0 Å². The third-order valence-corrected chi connectivity index (χ3v) is 2.64. The Balaban J connectivity index is 2.02. The molecule has 4 nitrogen and oxygen atoms in total. The Morgan fingerprint density at radius 1 is 1.50 bits per heavy atom. The fourth-order valence-corrected chi connectivity index (χ4v) is 1.90. The van der Waals surface area contributed by atoms with Gasteiger partial charge in [0.15, 0.2) is 0 Å². The molecule has 1 aromatic rings. The van der Waals surface area contributed by atoms with Gasteiger partial charge >= 0.3 is 0 Å². The van der Waals surface area contributed by atoms with Gasteiger partial charge in [0.1, 0.15) is 0 Å². The maximum Gasteiger partial charge on any atom is 0.219 e. The Morgan fingerprint density at radius 3 is 3.00 bits per heavy atom. The van der Waals surface area contributed by atoms with Gasteiger partial charge in [-0.1, -0.05) is 6.07 Å². The van der Waals surface area contributed by atoms with E-state index in [0.29, 0.717) is 19.6 Å². The minimum atomic E-state index is -0.288. The van der Waals surface area contributed by atoms with Gasteiger partial charge < -0.3 is 15.8 Å². The zero-order valence-corrected chi connectivity index (χ0v) is 9.32. The van der Waals surface area contributed by atoms with Gasteiger partial charge in [-0.05, 0) is 30.2 Å². The number of anilines is 1. The van der Waals surface area contributed by atoms with Crippen molar-refractivity contribution >= 4 is 11.6 Å². The molecule has 0 radical (unpaired) electrons. The van der Waals surface area contributed by atoms with Crippen molar-refractivity contribution < 1.29 is 9.53 Å². The van der Waals surface area contributed by atoms with Crippen molar-refractivity contribution in [2.45, 2.75) is 32.6 Å². The van der Waals surface area contributed by atoms with E-state index in [-0.39, 0.29) is 11.9 Å². The van der Waals surface area contributed by atoms with Gasteiger partial charge in [-0.15, -0.1) is 0 Å². The van der Waals surface area contributed by atoms with Gasteiger partial charge in [-0.25, -0.2) is 0 Å². The van der Waals surface area contributed by atoms with Crippen LogP contribution < -0.4 is 11.1 Å². The van der Waals surface area contributed by atoms with Crippen LogP contribution in [0.1, 0.15) is 24.5 Å². The van der Waals surface area contributed by atoms with Crippen LogP contribution in [0.15, 0.2) is 18.2 Å². The SMILES string of the molecule is CC(CC(N)=O)Nc1ccc2c(c1)COC2. The molecule has 1 aliphatic heterocycles. The zero-order valence-electron chi connectivity index (χ0n) is 9.32. The highest BCUT2D eigenvalue weighted by Crippen LogP contribution is 2.23. The van der Waals surface area contributed by atoms with Gasteiger partial charge in [0, 0.05) is 18.2 Å². The number of nitrogens with one attached hydrogen (secondary N) is 1. The molecule has 2 rings (SSSR count). The van der Waals surface area contributed by atoms with Crippen LogP contribution in [0.4, 0.5) is 5.69 Å². The predicted molar refractivity (Wildman–Crippen MR) is 61.8 cm³/mol. The highest BCUT2D eigenvalue weighted by molar-refractivity contribution is 5.74. The van der Waals surface area contributed by atoms with Crippen molar-refractivity contribution in [2.24, 2.45) is 5.73 Å². The summed E-state index contributed by atoms with van der Waals surface area (Å²) < 4.78 is 5.34. The van der Waals surface area contributed by atoms with Crippen LogP contribution in [-0.4, -0.2) is 11.9 Å². The second-order valence-electron chi connectivity index (χ2n) is 4.19. The molecule has 0 saturated carbocycles. The molecule has 1 atom stereocenters. The van der Waals surface area contributed by atoms with Crippen LogP contribution in [0.2, 0.25) is 0 Å². The number of hydrogen-bond acceptors (Lipinski definition) is 3. The van der Waals surface area contributed by atoms with E-state index in [2.05, 4.69) is 17.4 Å². The molecule has 0 aliphatic carbocycles. The largest absolute Gasteiger partial charge is 0.382 e. The van der Waals surface area contributed by atoms with Crippen molar-refractivity contribution in [2.75, 3.05) is 5.32 Å². The second-order valence-corrected chi connectivity index (χ2v) is 4.19. The summed E-state index contributed by atoms with van der Waals surface area (Å²) in [6.07, 6.45) is 0.341. The summed E-state index contributed by atoms with van der Waals surface area (Å²) in [5.74, 6) is -0.288. The highest BCUT2D eigenvalue weighted by atomic mass is 16.5. The maximum atomic E-state index is 10.7. The van der Waals surface area contributed by atoms with Crippen LogP contribution in [0, 0.1) is 0 Å². The van der Waals surface area contributed by atoms with Gasteiger partial charge in [-0.3, -0.25) is 4.79 Å². The smallest absolute Gasteiger partial charge is 0.219 e. The number of fused-ring (bicyclic) bond motifs is 1.